The van der Waals surface area contributed by atoms with Gasteiger partial charge in [-0.15, -0.1) is 26.6 Å². The topological polar surface area (TPSA) is 92.1 Å². The van der Waals surface area contributed by atoms with Gasteiger partial charge in [0, 0.05) is 18.2 Å². The number of hydrogen-bond donors (Lipinski definition) is 1. The molecular weight excluding hydrogens is 395 g/mol. The number of aromatic amines is 1. The van der Waals surface area contributed by atoms with Gasteiger partial charge in [0.25, 0.3) is 11.4 Å². The second-order valence-corrected chi connectivity index (χ2v) is 7.25. The molecule has 4 heterocycles. The smallest absolute Gasteiger partial charge is 0.351 e. The third kappa shape index (κ3) is 2.89. The van der Waals surface area contributed by atoms with Crippen molar-refractivity contribution in [3.63, 3.8) is 0 Å². The Morgan fingerprint density at radius 2 is 2.00 bits per heavy atom. The van der Waals surface area contributed by atoms with Crippen molar-refractivity contribution in [2.45, 2.75) is 26.6 Å². The third-order valence-electron chi connectivity index (χ3n) is 4.43. The molecule has 146 valence electrons. The van der Waals surface area contributed by atoms with Crippen LogP contribution in [-0.2, 0) is 12.7 Å². The lowest BCUT2D eigenvalue weighted by Crippen LogP contribution is -2.24. The van der Waals surface area contributed by atoms with E-state index in [1.807, 2.05) is 0 Å². The van der Waals surface area contributed by atoms with Gasteiger partial charge in [0.1, 0.15) is 10.5 Å². The Labute approximate surface area is 159 Å². The first-order chi connectivity index (χ1) is 13.2. The Kier molecular flexibility index (Phi) is 4.10. The van der Waals surface area contributed by atoms with E-state index in [0.29, 0.717) is 37.5 Å². The molecule has 0 bridgehead atoms. The van der Waals surface area contributed by atoms with E-state index in [4.69, 9.17) is 0 Å². The Morgan fingerprint density at radius 3 is 2.71 bits per heavy atom. The van der Waals surface area contributed by atoms with E-state index in [1.165, 1.54) is 11.3 Å². The van der Waals surface area contributed by atoms with Crippen LogP contribution in [0.4, 0.5) is 19.0 Å². The zero-order chi connectivity index (χ0) is 20.2. The molecule has 0 spiro atoms. The minimum Gasteiger partial charge on any atom is -0.351 e. The van der Waals surface area contributed by atoms with Crippen LogP contribution in [0.5, 0.6) is 0 Å². The van der Waals surface area contributed by atoms with Crippen molar-refractivity contribution in [1.82, 2.24) is 29.8 Å². The summed E-state index contributed by atoms with van der Waals surface area (Å²) >= 11 is 1.29. The van der Waals surface area contributed by atoms with Crippen molar-refractivity contribution >= 4 is 33.0 Å². The van der Waals surface area contributed by atoms with E-state index < -0.39 is 12.0 Å². The number of nitrogens with one attached hydrogen (secondary N) is 1. The van der Waals surface area contributed by atoms with Gasteiger partial charge in [0.15, 0.2) is 11.5 Å². The second-order valence-electron chi connectivity index (χ2n) is 6.33. The lowest BCUT2D eigenvalue weighted by Gasteiger charge is -2.21. The van der Waals surface area contributed by atoms with Gasteiger partial charge in [-0.25, -0.2) is 4.98 Å². The molecule has 4 aromatic heterocycles. The number of thiophene rings is 1. The number of H-pyrrole nitrogens is 1. The van der Waals surface area contributed by atoms with Gasteiger partial charge in [-0.05, 0) is 25.3 Å². The van der Waals surface area contributed by atoms with Crippen molar-refractivity contribution in [1.29, 1.82) is 0 Å². The molecular formula is C16H14F3N7OS. The van der Waals surface area contributed by atoms with Crippen LogP contribution in [0.15, 0.2) is 16.2 Å². The molecule has 0 radical (unpaired) electrons. The molecule has 0 fully saturated rings. The summed E-state index contributed by atoms with van der Waals surface area (Å²) in [5.74, 6) is -0.494. The number of rotatable bonds is 3. The molecule has 12 heteroatoms. The first-order valence-electron chi connectivity index (χ1n) is 8.14. The molecule has 0 aliphatic carbocycles. The van der Waals surface area contributed by atoms with Crippen LogP contribution in [0.25, 0.3) is 15.9 Å². The van der Waals surface area contributed by atoms with Gasteiger partial charge in [-0.1, -0.05) is 0 Å². The Morgan fingerprint density at radius 1 is 1.25 bits per heavy atom. The molecule has 4 aromatic rings. The molecule has 0 saturated heterocycles. The summed E-state index contributed by atoms with van der Waals surface area (Å²) in [5.41, 5.74) is 1.57. The van der Waals surface area contributed by atoms with E-state index in [0.717, 1.165) is 0 Å². The highest BCUT2D eigenvalue weighted by Gasteiger charge is 2.38. The number of hydrogen-bond acceptors (Lipinski definition) is 7. The van der Waals surface area contributed by atoms with Crippen LogP contribution in [0.2, 0.25) is 0 Å². The highest BCUT2D eigenvalue weighted by molar-refractivity contribution is 7.17. The average molecular weight is 409 g/mol. The Hall–Kier alpha value is -3.02. The average Bonchev–Trinajstić information content (AvgIpc) is 3.24. The fourth-order valence-corrected chi connectivity index (χ4v) is 3.67. The van der Waals surface area contributed by atoms with Gasteiger partial charge in [0.05, 0.1) is 12.1 Å². The van der Waals surface area contributed by atoms with E-state index >= 15 is 0 Å². The Balaban J connectivity index is 1.78. The number of anilines is 1. The first-order valence-corrected chi connectivity index (χ1v) is 9.02. The van der Waals surface area contributed by atoms with Crippen LogP contribution < -0.4 is 10.5 Å². The summed E-state index contributed by atoms with van der Waals surface area (Å²) in [6, 6.07) is 1.74. The fourth-order valence-electron chi connectivity index (χ4n) is 2.95. The standard InChI is InChI=1S/C16H14F3N7OS/c1-7-8(2)13(24-26-12(7)22-23-15(26)16(17,18)19)25(3)6-10-20-9-4-5-28-11(9)14(27)21-10/h4-5H,6H2,1-3H3,(H,20,21,27). The number of nitrogens with zero attached hydrogens (tertiary/aromatic N) is 6. The summed E-state index contributed by atoms with van der Waals surface area (Å²) in [7, 11) is 1.66. The van der Waals surface area contributed by atoms with Gasteiger partial charge in [-0.2, -0.15) is 17.7 Å². The quantitative estimate of drug-likeness (QED) is 0.559. The summed E-state index contributed by atoms with van der Waals surface area (Å²) < 4.78 is 40.8. The maximum Gasteiger partial charge on any atom is 0.453 e. The molecule has 0 aliphatic heterocycles. The summed E-state index contributed by atoms with van der Waals surface area (Å²) in [5, 5.41) is 12.7. The van der Waals surface area contributed by atoms with Crippen LogP contribution in [-0.4, -0.2) is 36.8 Å². The lowest BCUT2D eigenvalue weighted by atomic mass is 10.2. The van der Waals surface area contributed by atoms with Crippen molar-refractivity contribution in [3.8, 4) is 0 Å². The summed E-state index contributed by atoms with van der Waals surface area (Å²) in [6.45, 7) is 3.56. The van der Waals surface area contributed by atoms with Crippen molar-refractivity contribution in [2.24, 2.45) is 0 Å². The van der Waals surface area contributed by atoms with Gasteiger partial charge >= 0.3 is 6.18 Å². The number of aryl methyl sites for hydroxylation is 1. The number of aromatic nitrogens is 6. The SMILES string of the molecule is Cc1c(N(C)Cc2nc3ccsc3c(=O)[nH]2)nn2c(C(F)(F)F)nnc2c1C. The summed E-state index contributed by atoms with van der Waals surface area (Å²) in [6.07, 6.45) is -4.68. The molecule has 1 N–H and O–H groups in total. The van der Waals surface area contributed by atoms with Crippen molar-refractivity contribution < 1.29 is 13.2 Å². The summed E-state index contributed by atoms with van der Waals surface area (Å²) in [4.78, 5) is 20.9. The minimum absolute atomic E-state index is 0.0493. The minimum atomic E-state index is -4.68. The fraction of sp³-hybridized carbons (Fsp3) is 0.312. The molecule has 0 saturated carbocycles. The first kappa shape index (κ1) is 18.3. The highest BCUT2D eigenvalue weighted by Crippen LogP contribution is 2.30. The molecule has 28 heavy (non-hydrogen) atoms. The van der Waals surface area contributed by atoms with Crippen LogP contribution in [0.1, 0.15) is 22.8 Å². The molecule has 0 unspecified atom stereocenters. The predicted octanol–water partition coefficient (Wildman–Crippen LogP) is 2.69. The normalized spacial score (nSPS) is 12.2. The number of fused-ring (bicyclic) bond motifs is 2. The van der Waals surface area contributed by atoms with E-state index in [1.54, 1.807) is 37.2 Å². The lowest BCUT2D eigenvalue weighted by molar-refractivity contribution is -0.146. The maximum atomic E-state index is 13.2. The second kappa shape index (κ2) is 6.26. The van der Waals surface area contributed by atoms with Crippen LogP contribution in [0, 0.1) is 13.8 Å². The van der Waals surface area contributed by atoms with E-state index in [-0.39, 0.29) is 17.8 Å². The molecule has 0 atom stereocenters. The monoisotopic (exact) mass is 409 g/mol. The van der Waals surface area contributed by atoms with Gasteiger partial charge in [0.2, 0.25) is 0 Å². The number of alkyl halides is 3. The zero-order valence-electron chi connectivity index (χ0n) is 15.0. The van der Waals surface area contributed by atoms with E-state index in [2.05, 4.69) is 25.3 Å². The van der Waals surface area contributed by atoms with Crippen LogP contribution in [0.3, 0.4) is 0 Å². The predicted molar refractivity (Wildman–Crippen MR) is 97.6 cm³/mol. The Bertz CT molecular complexity index is 1260. The highest BCUT2D eigenvalue weighted by atomic mass is 32.1. The molecule has 0 amide bonds. The van der Waals surface area contributed by atoms with Crippen molar-refractivity contribution in [3.05, 3.63) is 44.6 Å². The molecule has 0 aliphatic rings. The zero-order valence-corrected chi connectivity index (χ0v) is 15.8. The van der Waals surface area contributed by atoms with Crippen LogP contribution >= 0.6 is 11.3 Å². The van der Waals surface area contributed by atoms with Gasteiger partial charge in [-0.3, -0.25) is 4.79 Å². The molecule has 4 rings (SSSR count). The third-order valence-corrected chi connectivity index (χ3v) is 5.34. The van der Waals surface area contributed by atoms with E-state index in [9.17, 15) is 18.0 Å². The van der Waals surface area contributed by atoms with Crippen molar-refractivity contribution in [2.75, 3.05) is 11.9 Å². The van der Waals surface area contributed by atoms with Gasteiger partial charge < -0.3 is 9.88 Å². The largest absolute Gasteiger partial charge is 0.453 e. The molecule has 0 aromatic carbocycles. The molecule has 8 nitrogen and oxygen atoms in total. The maximum absolute atomic E-state index is 13.2. The number of halogens is 3.